The van der Waals surface area contributed by atoms with Gasteiger partial charge in [0.1, 0.15) is 13.2 Å². The van der Waals surface area contributed by atoms with Crippen LogP contribution in [0.3, 0.4) is 0 Å². The SMILES string of the molecule is COCc1cccc(NC(=O)c2ccc(CN(c3ccc4c(c3)OCCO4)S(C)(=O)=O)cc2)c1. The van der Waals surface area contributed by atoms with Crippen molar-refractivity contribution in [1.29, 1.82) is 0 Å². The van der Waals surface area contributed by atoms with E-state index in [0.29, 0.717) is 48.3 Å². The van der Waals surface area contributed by atoms with Crippen LogP contribution in [0.4, 0.5) is 11.4 Å². The Hall–Kier alpha value is -3.56. The number of fused-ring (bicyclic) bond motifs is 1. The second-order valence-corrected chi connectivity index (χ2v) is 9.79. The summed E-state index contributed by atoms with van der Waals surface area (Å²) in [6.45, 7) is 1.44. The third-order valence-electron chi connectivity index (χ3n) is 5.25. The Morgan fingerprint density at radius 1 is 0.971 bits per heavy atom. The zero-order valence-electron chi connectivity index (χ0n) is 19.0. The zero-order valence-corrected chi connectivity index (χ0v) is 19.8. The lowest BCUT2D eigenvalue weighted by Gasteiger charge is -2.25. The Labute approximate surface area is 199 Å². The predicted octanol–water partition coefficient (Wildman–Crippen LogP) is 3.82. The van der Waals surface area contributed by atoms with Crippen molar-refractivity contribution in [1.82, 2.24) is 0 Å². The van der Waals surface area contributed by atoms with Crippen LogP contribution in [0.25, 0.3) is 0 Å². The van der Waals surface area contributed by atoms with Gasteiger partial charge >= 0.3 is 0 Å². The molecular weight excluding hydrogens is 456 g/mol. The van der Waals surface area contributed by atoms with Gasteiger partial charge < -0.3 is 19.5 Å². The molecule has 0 bridgehead atoms. The van der Waals surface area contributed by atoms with Crippen molar-refractivity contribution >= 4 is 27.3 Å². The summed E-state index contributed by atoms with van der Waals surface area (Å²) < 4.78 is 42.6. The maximum Gasteiger partial charge on any atom is 0.255 e. The minimum absolute atomic E-state index is 0.111. The number of carbonyl (C=O) groups excluding carboxylic acids is 1. The van der Waals surface area contributed by atoms with Crippen LogP contribution in [0.2, 0.25) is 0 Å². The summed E-state index contributed by atoms with van der Waals surface area (Å²) in [6, 6.07) is 19.3. The van der Waals surface area contributed by atoms with Gasteiger partial charge in [-0.25, -0.2) is 8.42 Å². The van der Waals surface area contributed by atoms with Crippen LogP contribution in [0.5, 0.6) is 11.5 Å². The molecule has 0 aromatic heterocycles. The molecule has 0 saturated carbocycles. The molecule has 3 aromatic rings. The first-order valence-electron chi connectivity index (χ1n) is 10.7. The highest BCUT2D eigenvalue weighted by Gasteiger charge is 2.21. The molecular formula is C25H26N2O6S. The molecule has 0 atom stereocenters. The van der Waals surface area contributed by atoms with Crippen LogP contribution in [0.1, 0.15) is 21.5 Å². The summed E-state index contributed by atoms with van der Waals surface area (Å²) in [6.07, 6.45) is 1.16. The average Bonchev–Trinajstić information content (AvgIpc) is 2.82. The smallest absolute Gasteiger partial charge is 0.255 e. The van der Waals surface area contributed by atoms with E-state index < -0.39 is 10.0 Å². The fourth-order valence-electron chi connectivity index (χ4n) is 3.62. The molecule has 0 radical (unpaired) electrons. The normalized spacial score (nSPS) is 12.8. The summed E-state index contributed by atoms with van der Waals surface area (Å²) in [5.74, 6) is 0.846. The number of anilines is 2. The van der Waals surface area contributed by atoms with E-state index in [1.165, 1.54) is 4.31 Å². The third-order valence-corrected chi connectivity index (χ3v) is 6.39. The van der Waals surface area contributed by atoms with E-state index in [1.807, 2.05) is 24.3 Å². The molecule has 178 valence electrons. The Morgan fingerprint density at radius 2 is 1.71 bits per heavy atom. The van der Waals surface area contributed by atoms with Gasteiger partial charge in [0, 0.05) is 24.4 Å². The molecule has 1 aliphatic heterocycles. The van der Waals surface area contributed by atoms with Gasteiger partial charge in [0.25, 0.3) is 5.91 Å². The summed E-state index contributed by atoms with van der Waals surface area (Å²) in [7, 11) is -1.95. The van der Waals surface area contributed by atoms with E-state index in [9.17, 15) is 13.2 Å². The number of carbonyl (C=O) groups is 1. The van der Waals surface area contributed by atoms with Gasteiger partial charge in [-0.05, 0) is 47.5 Å². The fourth-order valence-corrected chi connectivity index (χ4v) is 4.50. The van der Waals surface area contributed by atoms with Gasteiger partial charge in [-0.3, -0.25) is 9.10 Å². The molecule has 9 heteroatoms. The second kappa shape index (κ2) is 10.1. The lowest BCUT2D eigenvalue weighted by atomic mass is 10.1. The van der Waals surface area contributed by atoms with E-state index in [4.69, 9.17) is 14.2 Å². The van der Waals surface area contributed by atoms with Gasteiger partial charge in [-0.1, -0.05) is 24.3 Å². The molecule has 1 N–H and O–H groups in total. The van der Waals surface area contributed by atoms with Crippen LogP contribution in [0.15, 0.2) is 66.7 Å². The molecule has 0 spiro atoms. The molecule has 1 aliphatic rings. The number of sulfonamides is 1. The summed E-state index contributed by atoms with van der Waals surface area (Å²) in [5, 5.41) is 2.87. The van der Waals surface area contributed by atoms with E-state index in [1.54, 1.807) is 49.6 Å². The summed E-state index contributed by atoms with van der Waals surface area (Å²) in [4.78, 5) is 12.7. The molecule has 0 unspecified atom stereocenters. The van der Waals surface area contributed by atoms with Gasteiger partial charge in [0.15, 0.2) is 11.5 Å². The van der Waals surface area contributed by atoms with Crippen LogP contribution >= 0.6 is 0 Å². The quantitative estimate of drug-likeness (QED) is 0.525. The van der Waals surface area contributed by atoms with Crippen molar-refractivity contribution < 1.29 is 27.4 Å². The van der Waals surface area contributed by atoms with Crippen LogP contribution in [0, 0.1) is 0 Å². The highest BCUT2D eigenvalue weighted by atomic mass is 32.2. The Morgan fingerprint density at radius 3 is 2.41 bits per heavy atom. The number of nitrogens with one attached hydrogen (secondary N) is 1. The number of nitrogens with zero attached hydrogens (tertiary/aromatic N) is 1. The predicted molar refractivity (Wildman–Crippen MR) is 130 cm³/mol. The maximum absolute atomic E-state index is 12.7. The molecule has 34 heavy (non-hydrogen) atoms. The van der Waals surface area contributed by atoms with Gasteiger partial charge in [0.2, 0.25) is 10.0 Å². The molecule has 0 fully saturated rings. The lowest BCUT2D eigenvalue weighted by molar-refractivity contribution is 0.102. The van der Waals surface area contributed by atoms with Gasteiger partial charge in [0.05, 0.1) is 25.1 Å². The Bertz CT molecular complexity index is 1270. The highest BCUT2D eigenvalue weighted by Crippen LogP contribution is 2.35. The summed E-state index contributed by atoms with van der Waals surface area (Å²) in [5.41, 5.74) is 3.30. The molecule has 4 rings (SSSR count). The zero-order chi connectivity index (χ0) is 24.1. The van der Waals surface area contributed by atoms with Crippen molar-refractivity contribution in [2.24, 2.45) is 0 Å². The average molecular weight is 483 g/mol. The maximum atomic E-state index is 12.7. The molecule has 8 nitrogen and oxygen atoms in total. The molecule has 1 heterocycles. The van der Waals surface area contributed by atoms with Crippen molar-refractivity contribution in [3.63, 3.8) is 0 Å². The first-order chi connectivity index (χ1) is 16.3. The molecule has 1 amide bonds. The highest BCUT2D eigenvalue weighted by molar-refractivity contribution is 7.92. The third kappa shape index (κ3) is 5.67. The van der Waals surface area contributed by atoms with Crippen LogP contribution < -0.4 is 19.1 Å². The van der Waals surface area contributed by atoms with Crippen molar-refractivity contribution in [3.05, 3.63) is 83.4 Å². The minimum Gasteiger partial charge on any atom is -0.486 e. The molecule has 3 aromatic carbocycles. The Kier molecular flexibility index (Phi) is 7.04. The minimum atomic E-state index is -3.57. The lowest BCUT2D eigenvalue weighted by Crippen LogP contribution is -2.29. The van der Waals surface area contributed by atoms with E-state index >= 15 is 0 Å². The first kappa shape index (κ1) is 23.6. The number of hydrogen-bond acceptors (Lipinski definition) is 6. The van der Waals surface area contributed by atoms with Crippen molar-refractivity contribution in [2.45, 2.75) is 13.2 Å². The number of hydrogen-bond donors (Lipinski definition) is 1. The number of ether oxygens (including phenoxy) is 3. The second-order valence-electron chi connectivity index (χ2n) is 7.88. The standard InChI is InChI=1S/C25H26N2O6S/c1-31-17-19-4-3-5-21(14-19)26-25(28)20-8-6-18(7-9-20)16-27(34(2,29)30)22-10-11-23-24(15-22)33-13-12-32-23/h3-11,14-15H,12-13,16-17H2,1-2H3,(H,26,28). The monoisotopic (exact) mass is 482 g/mol. The van der Waals surface area contributed by atoms with Crippen LogP contribution in [-0.2, 0) is 27.9 Å². The number of rotatable bonds is 8. The van der Waals surface area contributed by atoms with Gasteiger partial charge in [-0.2, -0.15) is 0 Å². The number of amides is 1. The van der Waals surface area contributed by atoms with Crippen molar-refractivity contribution in [3.8, 4) is 11.5 Å². The molecule has 0 aliphatic carbocycles. The van der Waals surface area contributed by atoms with Crippen LogP contribution in [-0.4, -0.2) is 40.9 Å². The first-order valence-corrected chi connectivity index (χ1v) is 12.5. The fraction of sp³-hybridized carbons (Fsp3) is 0.240. The number of methoxy groups -OCH3 is 1. The summed E-state index contributed by atoms with van der Waals surface area (Å²) >= 11 is 0. The Balaban J connectivity index is 1.49. The number of benzene rings is 3. The van der Waals surface area contributed by atoms with E-state index in [0.717, 1.165) is 17.4 Å². The topological polar surface area (TPSA) is 94.2 Å². The molecule has 0 saturated heterocycles. The largest absolute Gasteiger partial charge is 0.486 e. The van der Waals surface area contributed by atoms with Crippen molar-refractivity contribution in [2.75, 3.05) is 36.2 Å². The van der Waals surface area contributed by atoms with Gasteiger partial charge in [-0.15, -0.1) is 0 Å². The van der Waals surface area contributed by atoms with E-state index in [2.05, 4.69) is 5.32 Å². The van der Waals surface area contributed by atoms with E-state index in [-0.39, 0.29) is 12.5 Å².